The molecular formula is C18H24N2O. The molecular weight excluding hydrogens is 260 g/mol. The molecule has 0 amide bonds. The molecule has 2 aromatic rings. The van der Waals surface area contributed by atoms with Gasteiger partial charge in [-0.2, -0.15) is 0 Å². The molecule has 1 aromatic heterocycles. The SMILES string of the molecule is Cc1ccc(C)c(Oc2cc(CN)cc(C(C)(C)C)n2)c1. The van der Waals surface area contributed by atoms with Gasteiger partial charge in [-0.05, 0) is 42.7 Å². The summed E-state index contributed by atoms with van der Waals surface area (Å²) >= 11 is 0. The van der Waals surface area contributed by atoms with E-state index in [1.54, 1.807) is 0 Å². The maximum Gasteiger partial charge on any atom is 0.219 e. The van der Waals surface area contributed by atoms with Gasteiger partial charge in [0.15, 0.2) is 0 Å². The number of nitrogens with two attached hydrogens (primary N) is 1. The van der Waals surface area contributed by atoms with Crippen LogP contribution in [0.25, 0.3) is 0 Å². The molecule has 0 aliphatic rings. The highest BCUT2D eigenvalue weighted by Gasteiger charge is 2.18. The minimum Gasteiger partial charge on any atom is -0.439 e. The number of hydrogen-bond donors (Lipinski definition) is 1. The quantitative estimate of drug-likeness (QED) is 0.916. The third-order valence-corrected chi connectivity index (χ3v) is 3.42. The Morgan fingerprint density at radius 1 is 1.10 bits per heavy atom. The molecule has 0 unspecified atom stereocenters. The second-order valence-electron chi connectivity index (χ2n) is 6.52. The van der Waals surface area contributed by atoms with E-state index in [9.17, 15) is 0 Å². The van der Waals surface area contributed by atoms with Gasteiger partial charge in [0, 0.05) is 18.0 Å². The predicted molar refractivity (Wildman–Crippen MR) is 86.8 cm³/mol. The summed E-state index contributed by atoms with van der Waals surface area (Å²) in [5.74, 6) is 1.45. The van der Waals surface area contributed by atoms with E-state index in [0.29, 0.717) is 12.4 Å². The molecule has 0 atom stereocenters. The Bertz CT molecular complexity index is 642. The van der Waals surface area contributed by atoms with Crippen molar-refractivity contribution in [1.82, 2.24) is 4.98 Å². The molecule has 0 fully saturated rings. The molecule has 0 aliphatic carbocycles. The second-order valence-corrected chi connectivity index (χ2v) is 6.52. The first-order chi connectivity index (χ1) is 9.79. The van der Waals surface area contributed by atoms with Crippen LogP contribution in [0.4, 0.5) is 0 Å². The zero-order valence-electron chi connectivity index (χ0n) is 13.5. The first kappa shape index (κ1) is 15.5. The summed E-state index contributed by atoms with van der Waals surface area (Å²) in [5, 5.41) is 0. The summed E-state index contributed by atoms with van der Waals surface area (Å²) in [6.07, 6.45) is 0. The number of ether oxygens (including phenoxy) is 1. The topological polar surface area (TPSA) is 48.1 Å². The maximum atomic E-state index is 6.00. The van der Waals surface area contributed by atoms with Gasteiger partial charge in [0.2, 0.25) is 5.88 Å². The van der Waals surface area contributed by atoms with Crippen LogP contribution in [-0.2, 0) is 12.0 Å². The number of nitrogens with zero attached hydrogens (tertiary/aromatic N) is 1. The first-order valence-corrected chi connectivity index (χ1v) is 7.26. The third-order valence-electron chi connectivity index (χ3n) is 3.42. The molecule has 0 spiro atoms. The van der Waals surface area contributed by atoms with Crippen LogP contribution in [0.5, 0.6) is 11.6 Å². The van der Waals surface area contributed by atoms with Crippen molar-refractivity contribution in [3.63, 3.8) is 0 Å². The van der Waals surface area contributed by atoms with Gasteiger partial charge in [0.1, 0.15) is 5.75 Å². The van der Waals surface area contributed by atoms with Gasteiger partial charge in [0.25, 0.3) is 0 Å². The molecule has 0 saturated heterocycles. The van der Waals surface area contributed by atoms with Crippen molar-refractivity contribution in [3.05, 3.63) is 52.7 Å². The Hall–Kier alpha value is -1.87. The first-order valence-electron chi connectivity index (χ1n) is 7.26. The molecule has 2 N–H and O–H groups in total. The highest BCUT2D eigenvalue weighted by atomic mass is 16.5. The van der Waals surface area contributed by atoms with Crippen LogP contribution in [0.3, 0.4) is 0 Å². The lowest BCUT2D eigenvalue weighted by molar-refractivity contribution is 0.447. The fourth-order valence-electron chi connectivity index (χ4n) is 2.04. The fourth-order valence-corrected chi connectivity index (χ4v) is 2.04. The van der Waals surface area contributed by atoms with Crippen molar-refractivity contribution < 1.29 is 4.74 Å². The van der Waals surface area contributed by atoms with Crippen molar-refractivity contribution in [2.75, 3.05) is 0 Å². The summed E-state index contributed by atoms with van der Waals surface area (Å²) in [4.78, 5) is 4.64. The molecule has 0 saturated carbocycles. The Labute approximate surface area is 127 Å². The predicted octanol–water partition coefficient (Wildman–Crippen LogP) is 4.25. The van der Waals surface area contributed by atoms with Gasteiger partial charge in [-0.1, -0.05) is 32.9 Å². The van der Waals surface area contributed by atoms with Gasteiger partial charge < -0.3 is 10.5 Å². The number of benzene rings is 1. The lowest BCUT2D eigenvalue weighted by Crippen LogP contribution is -2.15. The average Bonchev–Trinajstić information content (AvgIpc) is 2.41. The minimum absolute atomic E-state index is 0.0368. The number of aryl methyl sites for hydroxylation is 2. The van der Waals surface area contributed by atoms with Gasteiger partial charge in [-0.25, -0.2) is 4.98 Å². The summed E-state index contributed by atoms with van der Waals surface area (Å²) in [5.41, 5.74) is 10.1. The van der Waals surface area contributed by atoms with Crippen LogP contribution >= 0.6 is 0 Å². The van der Waals surface area contributed by atoms with Crippen LogP contribution in [0.2, 0.25) is 0 Å². The molecule has 3 heteroatoms. The van der Waals surface area contributed by atoms with Crippen molar-refractivity contribution in [2.24, 2.45) is 5.73 Å². The smallest absolute Gasteiger partial charge is 0.219 e. The van der Waals surface area contributed by atoms with E-state index < -0.39 is 0 Å². The number of hydrogen-bond acceptors (Lipinski definition) is 3. The molecule has 0 radical (unpaired) electrons. The van der Waals surface area contributed by atoms with Crippen LogP contribution in [-0.4, -0.2) is 4.98 Å². The van der Waals surface area contributed by atoms with Gasteiger partial charge >= 0.3 is 0 Å². The van der Waals surface area contributed by atoms with Gasteiger partial charge in [-0.15, -0.1) is 0 Å². The Kier molecular flexibility index (Phi) is 4.33. The zero-order chi connectivity index (χ0) is 15.6. The number of pyridine rings is 1. The molecule has 112 valence electrons. The van der Waals surface area contributed by atoms with Crippen LogP contribution in [0.15, 0.2) is 30.3 Å². The Morgan fingerprint density at radius 2 is 1.81 bits per heavy atom. The van der Waals surface area contributed by atoms with Gasteiger partial charge in [-0.3, -0.25) is 0 Å². The molecule has 2 rings (SSSR count). The van der Waals surface area contributed by atoms with Crippen LogP contribution in [0.1, 0.15) is 43.2 Å². The van der Waals surface area contributed by atoms with E-state index >= 15 is 0 Å². The monoisotopic (exact) mass is 284 g/mol. The summed E-state index contributed by atoms with van der Waals surface area (Å²) < 4.78 is 6.00. The maximum absolute atomic E-state index is 6.00. The molecule has 1 aromatic carbocycles. The normalized spacial score (nSPS) is 11.5. The molecule has 0 aliphatic heterocycles. The van der Waals surface area contributed by atoms with E-state index in [4.69, 9.17) is 10.5 Å². The van der Waals surface area contributed by atoms with Gasteiger partial charge in [0.05, 0.1) is 5.69 Å². The summed E-state index contributed by atoms with van der Waals surface area (Å²) in [7, 11) is 0. The lowest BCUT2D eigenvalue weighted by atomic mass is 9.91. The van der Waals surface area contributed by atoms with Crippen molar-refractivity contribution in [2.45, 2.75) is 46.6 Å². The van der Waals surface area contributed by atoms with E-state index in [0.717, 1.165) is 22.6 Å². The lowest BCUT2D eigenvalue weighted by Gasteiger charge is -2.20. The van der Waals surface area contributed by atoms with Crippen molar-refractivity contribution >= 4 is 0 Å². The van der Waals surface area contributed by atoms with Crippen molar-refractivity contribution in [1.29, 1.82) is 0 Å². The average molecular weight is 284 g/mol. The van der Waals surface area contributed by atoms with E-state index in [-0.39, 0.29) is 5.41 Å². The zero-order valence-corrected chi connectivity index (χ0v) is 13.5. The van der Waals surface area contributed by atoms with E-state index in [2.05, 4.69) is 50.9 Å². The third kappa shape index (κ3) is 3.82. The minimum atomic E-state index is -0.0368. The summed E-state index contributed by atoms with van der Waals surface area (Å²) in [6, 6.07) is 10.1. The molecule has 21 heavy (non-hydrogen) atoms. The molecule has 1 heterocycles. The van der Waals surface area contributed by atoms with Crippen LogP contribution < -0.4 is 10.5 Å². The van der Waals surface area contributed by atoms with E-state index in [1.165, 1.54) is 5.56 Å². The molecule has 0 bridgehead atoms. The fraction of sp³-hybridized carbons (Fsp3) is 0.389. The second kappa shape index (κ2) is 5.86. The standard InChI is InChI=1S/C18H24N2O/c1-12-6-7-13(2)15(8-12)21-17-10-14(11-19)9-16(20-17)18(3,4)5/h6-10H,11,19H2,1-5H3. The number of aromatic nitrogens is 1. The molecule has 3 nitrogen and oxygen atoms in total. The highest BCUT2D eigenvalue weighted by Crippen LogP contribution is 2.28. The summed E-state index contributed by atoms with van der Waals surface area (Å²) in [6.45, 7) is 11.0. The van der Waals surface area contributed by atoms with E-state index in [1.807, 2.05) is 19.1 Å². The Balaban J connectivity index is 2.42. The highest BCUT2D eigenvalue weighted by molar-refractivity contribution is 5.39. The largest absolute Gasteiger partial charge is 0.439 e. The number of rotatable bonds is 3. The van der Waals surface area contributed by atoms with Crippen LogP contribution in [0, 0.1) is 13.8 Å². The van der Waals surface area contributed by atoms with Crippen molar-refractivity contribution in [3.8, 4) is 11.6 Å². The Morgan fingerprint density at radius 3 is 2.43 bits per heavy atom.